The number of aliphatic hydroxyl groups is 3. The summed E-state index contributed by atoms with van der Waals surface area (Å²) < 4.78 is 5.69. The summed E-state index contributed by atoms with van der Waals surface area (Å²) in [6.45, 7) is 4.18. The van der Waals surface area contributed by atoms with Crippen molar-refractivity contribution in [3.8, 4) is 0 Å². The number of hydrogen-bond donors (Lipinski definition) is 3. The normalized spacial score (nSPS) is 14.9. The molecular formula is C24H34O5S. The summed E-state index contributed by atoms with van der Waals surface area (Å²) in [6.07, 6.45) is 5.65. The molecule has 0 bridgehead atoms. The lowest BCUT2D eigenvalue weighted by molar-refractivity contribution is -0.140. The second-order valence-corrected chi connectivity index (χ2v) is 8.86. The van der Waals surface area contributed by atoms with E-state index in [1.165, 1.54) is 7.11 Å². The SMILES string of the molecule is CCCCCC(O)c1sc2cc(C)ccc2c1/C=C/C(O)C(O)CCCC(=O)OC. The van der Waals surface area contributed by atoms with Crippen molar-refractivity contribution in [2.45, 2.75) is 77.1 Å². The highest BCUT2D eigenvalue weighted by Gasteiger charge is 2.19. The maximum Gasteiger partial charge on any atom is 0.305 e. The number of thiophene rings is 1. The standard InChI is InChI=1S/C24H34O5S/c1-4-5-6-8-21(27)24-18(17-12-11-16(2)15-22(17)30-24)13-14-20(26)19(25)9-7-10-23(28)29-3/h11-15,19-21,25-27H,4-10H2,1-3H3/b14-13+. The van der Waals surface area contributed by atoms with E-state index < -0.39 is 18.3 Å². The number of carbonyl (C=O) groups excluding carboxylic acids is 1. The molecule has 0 fully saturated rings. The van der Waals surface area contributed by atoms with Crippen LogP contribution >= 0.6 is 11.3 Å². The Hall–Kier alpha value is -1.73. The van der Waals surface area contributed by atoms with Crippen LogP contribution in [0.3, 0.4) is 0 Å². The molecule has 5 nitrogen and oxygen atoms in total. The molecule has 0 aliphatic carbocycles. The van der Waals surface area contributed by atoms with Gasteiger partial charge < -0.3 is 20.1 Å². The van der Waals surface area contributed by atoms with Gasteiger partial charge in [0.2, 0.25) is 0 Å². The Morgan fingerprint density at radius 2 is 1.93 bits per heavy atom. The van der Waals surface area contributed by atoms with Gasteiger partial charge in [0.05, 0.1) is 25.4 Å². The molecule has 166 valence electrons. The second-order valence-electron chi connectivity index (χ2n) is 7.78. The fraction of sp³-hybridized carbons (Fsp3) is 0.542. The molecule has 1 aromatic carbocycles. The zero-order valence-electron chi connectivity index (χ0n) is 18.1. The number of aliphatic hydroxyl groups excluding tert-OH is 3. The van der Waals surface area contributed by atoms with E-state index in [2.05, 4.69) is 17.7 Å². The lowest BCUT2D eigenvalue weighted by atomic mass is 10.0. The number of rotatable bonds is 12. The van der Waals surface area contributed by atoms with Crippen molar-refractivity contribution in [3.63, 3.8) is 0 Å². The lowest BCUT2D eigenvalue weighted by Gasteiger charge is -2.14. The first-order valence-electron chi connectivity index (χ1n) is 10.7. The number of esters is 1. The van der Waals surface area contributed by atoms with E-state index in [1.54, 1.807) is 23.5 Å². The van der Waals surface area contributed by atoms with E-state index in [0.29, 0.717) is 19.3 Å². The number of benzene rings is 1. The number of hydrogen-bond acceptors (Lipinski definition) is 6. The molecule has 3 unspecified atom stereocenters. The number of fused-ring (bicyclic) bond motifs is 1. The smallest absolute Gasteiger partial charge is 0.305 e. The maximum absolute atomic E-state index is 11.2. The number of carbonyl (C=O) groups is 1. The van der Waals surface area contributed by atoms with E-state index in [1.807, 2.05) is 19.1 Å². The van der Waals surface area contributed by atoms with Gasteiger partial charge in [-0.25, -0.2) is 0 Å². The van der Waals surface area contributed by atoms with Crippen molar-refractivity contribution >= 4 is 33.5 Å². The number of ether oxygens (including phenoxy) is 1. The van der Waals surface area contributed by atoms with Crippen LogP contribution in [-0.4, -0.2) is 40.6 Å². The van der Waals surface area contributed by atoms with Crippen LogP contribution in [0.15, 0.2) is 24.3 Å². The summed E-state index contributed by atoms with van der Waals surface area (Å²) in [6, 6.07) is 6.19. The third kappa shape index (κ3) is 6.91. The summed E-state index contributed by atoms with van der Waals surface area (Å²) in [7, 11) is 1.33. The number of unbranched alkanes of at least 4 members (excludes halogenated alkanes) is 2. The van der Waals surface area contributed by atoms with E-state index in [0.717, 1.165) is 45.4 Å². The van der Waals surface area contributed by atoms with Crippen molar-refractivity contribution < 1.29 is 24.9 Å². The summed E-state index contributed by atoms with van der Waals surface area (Å²) in [5, 5.41) is 32.4. The summed E-state index contributed by atoms with van der Waals surface area (Å²) in [5.74, 6) is -0.325. The first kappa shape index (κ1) is 24.5. The van der Waals surface area contributed by atoms with Crippen molar-refractivity contribution in [1.82, 2.24) is 0 Å². The van der Waals surface area contributed by atoms with Crippen LogP contribution in [0.2, 0.25) is 0 Å². The van der Waals surface area contributed by atoms with Gasteiger partial charge in [-0.1, -0.05) is 50.5 Å². The number of methoxy groups -OCH3 is 1. The molecular weight excluding hydrogens is 400 g/mol. The molecule has 0 radical (unpaired) electrons. The minimum absolute atomic E-state index is 0.215. The highest BCUT2D eigenvalue weighted by Crippen LogP contribution is 2.38. The molecule has 3 N–H and O–H groups in total. The summed E-state index contributed by atoms with van der Waals surface area (Å²) in [5.41, 5.74) is 2.06. The Morgan fingerprint density at radius 1 is 1.17 bits per heavy atom. The van der Waals surface area contributed by atoms with Crippen molar-refractivity contribution in [1.29, 1.82) is 0 Å². The van der Waals surface area contributed by atoms with Gasteiger partial charge in [0.1, 0.15) is 0 Å². The predicted octanol–water partition coefficient (Wildman–Crippen LogP) is 4.90. The van der Waals surface area contributed by atoms with Crippen LogP contribution in [0.1, 0.15) is 74.0 Å². The zero-order valence-corrected chi connectivity index (χ0v) is 19.0. The average molecular weight is 435 g/mol. The third-order valence-corrected chi connectivity index (χ3v) is 6.53. The quantitative estimate of drug-likeness (QED) is 0.327. The minimum Gasteiger partial charge on any atom is -0.469 e. The molecule has 0 saturated heterocycles. The van der Waals surface area contributed by atoms with Gasteiger partial charge in [-0.15, -0.1) is 11.3 Å². The third-order valence-electron chi connectivity index (χ3n) is 5.26. The van der Waals surface area contributed by atoms with Gasteiger partial charge in [-0.2, -0.15) is 0 Å². The fourth-order valence-electron chi connectivity index (χ4n) is 3.43. The number of aryl methyl sites for hydroxylation is 1. The predicted molar refractivity (Wildman–Crippen MR) is 123 cm³/mol. The van der Waals surface area contributed by atoms with Crippen molar-refractivity contribution in [2.24, 2.45) is 0 Å². The van der Waals surface area contributed by atoms with Crippen LogP contribution in [0, 0.1) is 6.92 Å². The zero-order chi connectivity index (χ0) is 22.1. The van der Waals surface area contributed by atoms with Crippen molar-refractivity contribution in [3.05, 3.63) is 40.3 Å². The summed E-state index contributed by atoms with van der Waals surface area (Å²) >= 11 is 1.59. The molecule has 30 heavy (non-hydrogen) atoms. The molecule has 2 aromatic rings. The Labute approximate surface area is 183 Å². The topological polar surface area (TPSA) is 87.0 Å². The van der Waals surface area contributed by atoms with E-state index in [4.69, 9.17) is 0 Å². The Morgan fingerprint density at radius 3 is 2.63 bits per heavy atom. The fourth-order valence-corrected chi connectivity index (χ4v) is 4.74. The van der Waals surface area contributed by atoms with Crippen LogP contribution in [0.4, 0.5) is 0 Å². The Balaban J connectivity index is 2.17. The average Bonchev–Trinajstić information content (AvgIpc) is 3.09. The van der Waals surface area contributed by atoms with Gasteiger partial charge >= 0.3 is 5.97 Å². The minimum atomic E-state index is -1.05. The van der Waals surface area contributed by atoms with E-state index in [-0.39, 0.29) is 12.4 Å². The van der Waals surface area contributed by atoms with Crippen LogP contribution in [0.25, 0.3) is 16.2 Å². The lowest BCUT2D eigenvalue weighted by Crippen LogP contribution is -2.23. The molecule has 0 amide bonds. The van der Waals surface area contributed by atoms with Gasteiger partial charge in [0.25, 0.3) is 0 Å². The molecule has 0 saturated carbocycles. The highest BCUT2D eigenvalue weighted by molar-refractivity contribution is 7.19. The largest absolute Gasteiger partial charge is 0.469 e. The maximum atomic E-state index is 11.2. The van der Waals surface area contributed by atoms with Crippen LogP contribution in [-0.2, 0) is 9.53 Å². The first-order valence-corrected chi connectivity index (χ1v) is 11.5. The molecule has 6 heteroatoms. The molecule has 3 atom stereocenters. The van der Waals surface area contributed by atoms with Gasteiger partial charge in [-0.05, 0) is 43.4 Å². The first-order chi connectivity index (χ1) is 14.4. The molecule has 0 spiro atoms. The highest BCUT2D eigenvalue weighted by atomic mass is 32.1. The Bertz CT molecular complexity index is 841. The Kier molecular flexibility index (Phi) is 9.98. The molecule has 0 aliphatic heterocycles. The molecule has 1 aromatic heterocycles. The molecule has 0 aliphatic rings. The van der Waals surface area contributed by atoms with E-state index in [9.17, 15) is 20.1 Å². The van der Waals surface area contributed by atoms with Gasteiger partial charge in [0.15, 0.2) is 0 Å². The van der Waals surface area contributed by atoms with Gasteiger partial charge in [-0.3, -0.25) is 4.79 Å². The molecule has 2 rings (SSSR count). The van der Waals surface area contributed by atoms with Crippen molar-refractivity contribution in [2.75, 3.05) is 7.11 Å². The van der Waals surface area contributed by atoms with Gasteiger partial charge in [0, 0.05) is 21.4 Å². The second kappa shape index (κ2) is 12.2. The van der Waals surface area contributed by atoms with Crippen LogP contribution < -0.4 is 0 Å². The van der Waals surface area contributed by atoms with E-state index >= 15 is 0 Å². The summed E-state index contributed by atoms with van der Waals surface area (Å²) in [4.78, 5) is 12.1. The van der Waals surface area contributed by atoms with Crippen LogP contribution in [0.5, 0.6) is 0 Å². The molecule has 1 heterocycles. The monoisotopic (exact) mass is 434 g/mol.